The van der Waals surface area contributed by atoms with Gasteiger partial charge in [-0.2, -0.15) is 0 Å². The van der Waals surface area contributed by atoms with Gasteiger partial charge in [-0.15, -0.1) is 0 Å². The number of Topliss-reactive ketones (excluding diaryl/α,β-unsaturated/α-hetero) is 1. The molecular weight excluding hydrogens is 452 g/mol. The Hall–Kier alpha value is -3.93. The van der Waals surface area contributed by atoms with Crippen molar-refractivity contribution in [1.82, 2.24) is 10.2 Å². The molecule has 6 nitrogen and oxygen atoms in total. The van der Waals surface area contributed by atoms with Crippen molar-refractivity contribution in [3.63, 3.8) is 0 Å². The fourth-order valence-electron chi connectivity index (χ4n) is 4.42. The largest absolute Gasteiger partial charge is 0.494 e. The molecule has 0 bridgehead atoms. The number of likely N-dealkylation sites (tertiary alicyclic amines) is 1. The lowest BCUT2D eigenvalue weighted by atomic mass is 10.0. The number of ketones is 1. The molecular formula is C30H32N2O4. The lowest BCUT2D eigenvalue weighted by molar-refractivity contribution is -0.122. The third-order valence-electron chi connectivity index (χ3n) is 6.45. The number of hydrogen-bond acceptors (Lipinski definition) is 4. The third-order valence-corrected chi connectivity index (χ3v) is 6.45. The van der Waals surface area contributed by atoms with Crippen LogP contribution in [0.25, 0.3) is 11.1 Å². The summed E-state index contributed by atoms with van der Waals surface area (Å²) >= 11 is 0. The molecule has 1 fully saturated rings. The topological polar surface area (TPSA) is 75.7 Å². The third kappa shape index (κ3) is 6.60. The lowest BCUT2D eigenvalue weighted by Gasteiger charge is -2.32. The van der Waals surface area contributed by atoms with Gasteiger partial charge in [0.2, 0.25) is 5.91 Å². The zero-order valence-electron chi connectivity index (χ0n) is 20.6. The maximum atomic E-state index is 12.8. The van der Waals surface area contributed by atoms with Crippen LogP contribution in [0.1, 0.15) is 53.3 Å². The molecule has 3 aromatic carbocycles. The second-order valence-corrected chi connectivity index (χ2v) is 8.96. The van der Waals surface area contributed by atoms with Crippen molar-refractivity contribution < 1.29 is 19.1 Å². The monoisotopic (exact) mass is 484 g/mol. The Morgan fingerprint density at radius 3 is 2.06 bits per heavy atom. The van der Waals surface area contributed by atoms with E-state index < -0.39 is 0 Å². The molecule has 1 aliphatic heterocycles. The average Bonchev–Trinajstić information content (AvgIpc) is 2.93. The van der Waals surface area contributed by atoms with Crippen LogP contribution in [0.4, 0.5) is 0 Å². The van der Waals surface area contributed by atoms with Crippen LogP contribution in [0.3, 0.4) is 0 Å². The van der Waals surface area contributed by atoms with E-state index in [1.54, 1.807) is 12.1 Å². The first kappa shape index (κ1) is 25.2. The number of nitrogens with one attached hydrogen (secondary N) is 1. The summed E-state index contributed by atoms with van der Waals surface area (Å²) in [4.78, 5) is 39.6. The van der Waals surface area contributed by atoms with Gasteiger partial charge in [0.05, 0.1) is 6.61 Å². The highest BCUT2D eigenvalue weighted by atomic mass is 16.5. The summed E-state index contributed by atoms with van der Waals surface area (Å²) in [5, 5.41) is 3.03. The molecule has 36 heavy (non-hydrogen) atoms. The summed E-state index contributed by atoms with van der Waals surface area (Å²) < 4.78 is 5.43. The molecule has 0 spiro atoms. The van der Waals surface area contributed by atoms with Crippen molar-refractivity contribution in [2.75, 3.05) is 19.7 Å². The Kier molecular flexibility index (Phi) is 8.50. The molecule has 0 unspecified atom stereocenters. The fourth-order valence-corrected chi connectivity index (χ4v) is 4.42. The minimum absolute atomic E-state index is 0.00768. The molecule has 0 atom stereocenters. The summed E-state index contributed by atoms with van der Waals surface area (Å²) in [6.45, 7) is 3.68. The van der Waals surface area contributed by atoms with Crippen molar-refractivity contribution in [2.45, 2.75) is 38.6 Å². The van der Waals surface area contributed by atoms with Crippen LogP contribution in [0, 0.1) is 0 Å². The Morgan fingerprint density at radius 1 is 0.806 bits per heavy atom. The highest BCUT2D eigenvalue weighted by Crippen LogP contribution is 2.20. The van der Waals surface area contributed by atoms with Crippen molar-refractivity contribution in [3.05, 3.63) is 90.0 Å². The van der Waals surface area contributed by atoms with Gasteiger partial charge in [0.15, 0.2) is 5.78 Å². The highest BCUT2D eigenvalue weighted by Gasteiger charge is 2.24. The van der Waals surface area contributed by atoms with Crippen molar-refractivity contribution in [1.29, 1.82) is 0 Å². The molecule has 4 rings (SSSR count). The predicted octanol–water partition coefficient (Wildman–Crippen LogP) is 5.14. The number of piperidine rings is 1. The Balaban J connectivity index is 1.19. The molecule has 1 N–H and O–H groups in total. The van der Waals surface area contributed by atoms with Gasteiger partial charge in [0.25, 0.3) is 5.91 Å². The van der Waals surface area contributed by atoms with Crippen molar-refractivity contribution >= 4 is 17.6 Å². The highest BCUT2D eigenvalue weighted by molar-refractivity contribution is 5.98. The quantitative estimate of drug-likeness (QED) is 0.427. The minimum atomic E-state index is -0.124. The molecule has 1 aliphatic rings. The number of carbonyl (C=O) groups is 3. The molecule has 186 valence electrons. The van der Waals surface area contributed by atoms with E-state index in [1.165, 1.54) is 0 Å². The van der Waals surface area contributed by atoms with Gasteiger partial charge in [-0.25, -0.2) is 0 Å². The van der Waals surface area contributed by atoms with E-state index in [0.29, 0.717) is 43.7 Å². The molecule has 3 aromatic rings. The van der Waals surface area contributed by atoms with Gasteiger partial charge in [-0.05, 0) is 55.2 Å². The molecule has 6 heteroatoms. The average molecular weight is 485 g/mol. The summed E-state index contributed by atoms with van der Waals surface area (Å²) in [5.74, 6) is 0.575. The second kappa shape index (κ2) is 12.2. The normalized spacial score (nSPS) is 13.8. The van der Waals surface area contributed by atoms with Gasteiger partial charge < -0.3 is 15.0 Å². The van der Waals surface area contributed by atoms with Crippen LogP contribution in [-0.2, 0) is 4.79 Å². The fraction of sp³-hybridized carbons (Fsp3) is 0.300. The van der Waals surface area contributed by atoms with Crippen LogP contribution in [0.5, 0.6) is 5.75 Å². The number of benzene rings is 3. The molecule has 1 saturated heterocycles. The number of amides is 2. The maximum absolute atomic E-state index is 12.8. The zero-order valence-corrected chi connectivity index (χ0v) is 20.6. The summed E-state index contributed by atoms with van der Waals surface area (Å²) in [6, 6.07) is 24.7. The number of nitrogens with zero attached hydrogens (tertiary/aromatic N) is 1. The lowest BCUT2D eigenvalue weighted by Crippen LogP contribution is -2.46. The molecule has 0 aromatic heterocycles. The summed E-state index contributed by atoms with van der Waals surface area (Å²) in [5.41, 5.74) is 3.40. The number of carbonyl (C=O) groups excluding carboxylic acids is 3. The molecule has 0 radical (unpaired) electrons. The zero-order chi connectivity index (χ0) is 25.3. The van der Waals surface area contributed by atoms with Crippen LogP contribution in [0.15, 0.2) is 78.9 Å². The van der Waals surface area contributed by atoms with E-state index in [0.717, 1.165) is 16.9 Å². The number of rotatable bonds is 9. The smallest absolute Gasteiger partial charge is 0.253 e. The SMILES string of the molecule is CCOc1ccc(C(=O)N2CCC(NC(=O)CCC(=O)c3ccc(-c4ccccc4)cc3)CC2)cc1. The molecule has 1 heterocycles. The predicted molar refractivity (Wildman–Crippen MR) is 140 cm³/mol. The van der Waals surface area contributed by atoms with Crippen LogP contribution in [-0.4, -0.2) is 48.2 Å². The van der Waals surface area contributed by atoms with E-state index in [9.17, 15) is 14.4 Å². The Labute approximate surface area is 212 Å². The standard InChI is InChI=1S/C30H32N2O4/c1-2-36-27-14-12-25(13-15-27)30(35)32-20-18-26(19-21-32)31-29(34)17-16-28(33)24-10-8-23(9-11-24)22-6-4-3-5-7-22/h3-15,26H,2,16-21H2,1H3,(H,31,34). The van der Waals surface area contributed by atoms with Crippen LogP contribution in [0.2, 0.25) is 0 Å². The first-order chi connectivity index (χ1) is 17.5. The first-order valence-electron chi connectivity index (χ1n) is 12.5. The van der Waals surface area contributed by atoms with E-state index in [2.05, 4.69) is 5.32 Å². The summed E-state index contributed by atoms with van der Waals surface area (Å²) in [6.07, 6.45) is 1.73. The van der Waals surface area contributed by atoms with Gasteiger partial charge in [0.1, 0.15) is 5.75 Å². The maximum Gasteiger partial charge on any atom is 0.253 e. The van der Waals surface area contributed by atoms with Gasteiger partial charge in [-0.1, -0.05) is 54.6 Å². The Bertz CT molecular complexity index is 1170. The van der Waals surface area contributed by atoms with Crippen LogP contribution >= 0.6 is 0 Å². The number of ether oxygens (including phenoxy) is 1. The van der Waals surface area contributed by atoms with Crippen molar-refractivity contribution in [2.24, 2.45) is 0 Å². The second-order valence-electron chi connectivity index (χ2n) is 8.96. The van der Waals surface area contributed by atoms with Gasteiger partial charge in [-0.3, -0.25) is 14.4 Å². The molecule has 0 aliphatic carbocycles. The van der Waals surface area contributed by atoms with Crippen molar-refractivity contribution in [3.8, 4) is 16.9 Å². The minimum Gasteiger partial charge on any atom is -0.494 e. The molecule has 2 amide bonds. The van der Waals surface area contributed by atoms with Gasteiger partial charge >= 0.3 is 0 Å². The number of hydrogen-bond donors (Lipinski definition) is 1. The van der Waals surface area contributed by atoms with Gasteiger partial charge in [0, 0.05) is 43.1 Å². The van der Waals surface area contributed by atoms with E-state index in [-0.39, 0.29) is 36.5 Å². The first-order valence-corrected chi connectivity index (χ1v) is 12.5. The Morgan fingerprint density at radius 2 is 1.42 bits per heavy atom. The van der Waals surface area contributed by atoms with E-state index in [1.807, 2.05) is 78.6 Å². The van der Waals surface area contributed by atoms with E-state index >= 15 is 0 Å². The van der Waals surface area contributed by atoms with Crippen LogP contribution < -0.4 is 10.1 Å². The van der Waals surface area contributed by atoms with E-state index in [4.69, 9.17) is 4.74 Å². The molecule has 0 saturated carbocycles. The summed E-state index contributed by atoms with van der Waals surface area (Å²) in [7, 11) is 0.